The molecule has 0 aliphatic carbocycles. The molecule has 92 valence electrons. The molecular weight excluding hydrogens is 222 g/mol. The fourth-order valence-electron chi connectivity index (χ4n) is 1.39. The summed E-state index contributed by atoms with van der Waals surface area (Å²) in [5.74, 6) is -1.14. The van der Waals surface area contributed by atoms with Gasteiger partial charge in [-0.2, -0.15) is 0 Å². The summed E-state index contributed by atoms with van der Waals surface area (Å²) >= 11 is 0. The number of hydrogen-bond donors (Lipinski definition) is 2. The number of hydrogen-bond acceptors (Lipinski definition) is 3. The Kier molecular flexibility index (Phi) is 4.09. The van der Waals surface area contributed by atoms with Crippen molar-refractivity contribution in [2.75, 3.05) is 6.61 Å². The average Bonchev–Trinajstić information content (AvgIpc) is 2.30. The van der Waals surface area contributed by atoms with Gasteiger partial charge in [-0.15, -0.1) is 0 Å². The van der Waals surface area contributed by atoms with Crippen LogP contribution >= 0.6 is 0 Å². The molecule has 0 fully saturated rings. The van der Waals surface area contributed by atoms with Gasteiger partial charge in [-0.25, -0.2) is 9.59 Å². The number of alkyl carbamates (subject to hydrolysis) is 1. The molecule has 0 saturated carbocycles. The Morgan fingerprint density at radius 3 is 2.41 bits per heavy atom. The zero-order chi connectivity index (χ0) is 12.9. The van der Waals surface area contributed by atoms with Crippen molar-refractivity contribution < 1.29 is 19.4 Å². The smallest absolute Gasteiger partial charge is 0.408 e. The summed E-state index contributed by atoms with van der Waals surface area (Å²) < 4.78 is 4.70. The van der Waals surface area contributed by atoms with E-state index in [9.17, 15) is 14.7 Å². The first-order valence-electron chi connectivity index (χ1n) is 5.24. The van der Waals surface area contributed by atoms with E-state index in [4.69, 9.17) is 4.74 Å². The number of nitrogens with one attached hydrogen (secondary N) is 1. The fraction of sp³-hybridized carbons (Fsp3) is 0.333. The van der Waals surface area contributed by atoms with Gasteiger partial charge in [0.05, 0.1) is 6.61 Å². The van der Waals surface area contributed by atoms with Crippen molar-refractivity contribution in [3.05, 3.63) is 35.9 Å². The van der Waals surface area contributed by atoms with E-state index in [0.717, 1.165) is 0 Å². The standard InChI is InChI=1S/C12H15NO4/c1-3-17-11(16)13-12(2,10(14)15)9-7-5-4-6-8-9/h4-8H,3H2,1-2H3,(H,13,16)(H,14,15)/t12-/m0/s1. The first-order chi connectivity index (χ1) is 8.00. The van der Waals surface area contributed by atoms with Gasteiger partial charge in [0.15, 0.2) is 5.54 Å². The van der Waals surface area contributed by atoms with E-state index in [1.54, 1.807) is 37.3 Å². The number of carboxylic acid groups (broad SMARTS) is 1. The lowest BCUT2D eigenvalue weighted by Gasteiger charge is -2.26. The SMILES string of the molecule is CCOC(=O)N[C@](C)(C(=O)O)c1ccccc1. The maximum absolute atomic E-state index is 11.3. The molecule has 0 spiro atoms. The van der Waals surface area contributed by atoms with Crippen molar-refractivity contribution in [3.8, 4) is 0 Å². The summed E-state index contributed by atoms with van der Waals surface area (Å²) in [4.78, 5) is 22.6. The van der Waals surface area contributed by atoms with Gasteiger partial charge in [-0.05, 0) is 19.4 Å². The van der Waals surface area contributed by atoms with Crippen molar-refractivity contribution in [2.24, 2.45) is 0 Å². The molecule has 1 atom stereocenters. The van der Waals surface area contributed by atoms with Gasteiger partial charge in [0.25, 0.3) is 0 Å². The number of carboxylic acids is 1. The van der Waals surface area contributed by atoms with Crippen molar-refractivity contribution in [1.29, 1.82) is 0 Å². The van der Waals surface area contributed by atoms with Crippen molar-refractivity contribution in [3.63, 3.8) is 0 Å². The van der Waals surface area contributed by atoms with Crippen LogP contribution in [0.15, 0.2) is 30.3 Å². The van der Waals surface area contributed by atoms with Crippen LogP contribution in [-0.2, 0) is 15.1 Å². The molecule has 0 aliphatic heterocycles. The summed E-state index contributed by atoms with van der Waals surface area (Å²) in [6.45, 7) is 3.26. The number of rotatable bonds is 4. The summed E-state index contributed by atoms with van der Waals surface area (Å²) in [6, 6.07) is 8.48. The third-order valence-electron chi connectivity index (χ3n) is 2.41. The van der Waals surface area contributed by atoms with E-state index in [2.05, 4.69) is 5.32 Å². The highest BCUT2D eigenvalue weighted by Gasteiger charge is 2.37. The van der Waals surface area contributed by atoms with E-state index in [1.807, 2.05) is 0 Å². The molecule has 0 aromatic heterocycles. The normalized spacial score (nSPS) is 13.5. The van der Waals surface area contributed by atoms with Crippen LogP contribution in [0.25, 0.3) is 0 Å². The molecule has 5 nitrogen and oxygen atoms in total. The predicted molar refractivity (Wildman–Crippen MR) is 61.6 cm³/mol. The highest BCUT2D eigenvalue weighted by Crippen LogP contribution is 2.20. The lowest BCUT2D eigenvalue weighted by molar-refractivity contribution is -0.144. The van der Waals surface area contributed by atoms with Crippen LogP contribution in [0.3, 0.4) is 0 Å². The lowest BCUT2D eigenvalue weighted by Crippen LogP contribution is -2.49. The molecule has 0 heterocycles. The summed E-state index contributed by atoms with van der Waals surface area (Å²) in [5, 5.41) is 11.6. The zero-order valence-corrected chi connectivity index (χ0v) is 9.77. The van der Waals surface area contributed by atoms with E-state index < -0.39 is 17.6 Å². The second-order valence-electron chi connectivity index (χ2n) is 3.64. The van der Waals surface area contributed by atoms with Crippen LogP contribution in [0.5, 0.6) is 0 Å². The largest absolute Gasteiger partial charge is 0.479 e. The lowest BCUT2D eigenvalue weighted by atomic mass is 9.92. The van der Waals surface area contributed by atoms with E-state index in [1.165, 1.54) is 6.92 Å². The molecule has 2 N–H and O–H groups in total. The Balaban J connectivity index is 2.99. The van der Waals surface area contributed by atoms with Crippen LogP contribution in [0.4, 0.5) is 4.79 Å². The van der Waals surface area contributed by atoms with E-state index in [-0.39, 0.29) is 6.61 Å². The molecule has 17 heavy (non-hydrogen) atoms. The second kappa shape index (κ2) is 5.34. The molecule has 0 aliphatic rings. The number of benzene rings is 1. The zero-order valence-electron chi connectivity index (χ0n) is 9.77. The number of carbonyl (C=O) groups excluding carboxylic acids is 1. The highest BCUT2D eigenvalue weighted by molar-refractivity contribution is 5.85. The van der Waals surface area contributed by atoms with Gasteiger partial charge in [0.1, 0.15) is 0 Å². The van der Waals surface area contributed by atoms with Crippen LogP contribution < -0.4 is 5.32 Å². The highest BCUT2D eigenvalue weighted by atomic mass is 16.5. The minimum Gasteiger partial charge on any atom is -0.479 e. The summed E-state index contributed by atoms with van der Waals surface area (Å²) in [6.07, 6.45) is -0.749. The quantitative estimate of drug-likeness (QED) is 0.836. The Morgan fingerprint density at radius 1 is 1.35 bits per heavy atom. The third-order valence-corrected chi connectivity index (χ3v) is 2.41. The number of amides is 1. The molecule has 0 bridgehead atoms. The maximum Gasteiger partial charge on any atom is 0.408 e. The summed E-state index contributed by atoms with van der Waals surface area (Å²) in [5.41, 5.74) is -1.01. The van der Waals surface area contributed by atoms with Crippen LogP contribution in [0, 0.1) is 0 Å². The molecule has 1 aromatic rings. The Labute approximate surface area is 99.4 Å². The second-order valence-corrected chi connectivity index (χ2v) is 3.64. The minimum absolute atomic E-state index is 0.191. The topological polar surface area (TPSA) is 75.6 Å². The summed E-state index contributed by atoms with van der Waals surface area (Å²) in [7, 11) is 0. The molecular formula is C12H15NO4. The molecule has 0 radical (unpaired) electrons. The molecule has 1 amide bonds. The Hall–Kier alpha value is -2.04. The Bertz CT molecular complexity index is 404. The predicted octanol–water partition coefficient (Wildman–Crippen LogP) is 1.73. The molecule has 0 unspecified atom stereocenters. The van der Waals surface area contributed by atoms with Crippen LogP contribution in [0.1, 0.15) is 19.4 Å². The first-order valence-corrected chi connectivity index (χ1v) is 5.24. The van der Waals surface area contributed by atoms with Gasteiger partial charge in [0.2, 0.25) is 0 Å². The van der Waals surface area contributed by atoms with Crippen molar-refractivity contribution >= 4 is 12.1 Å². The molecule has 0 saturated heterocycles. The maximum atomic E-state index is 11.3. The molecule has 1 aromatic carbocycles. The van der Waals surface area contributed by atoms with Gasteiger partial charge in [-0.3, -0.25) is 0 Å². The number of ether oxygens (including phenoxy) is 1. The van der Waals surface area contributed by atoms with Crippen LogP contribution in [0.2, 0.25) is 0 Å². The third kappa shape index (κ3) is 2.96. The minimum atomic E-state index is -1.49. The number of aliphatic carboxylic acids is 1. The van der Waals surface area contributed by atoms with E-state index in [0.29, 0.717) is 5.56 Å². The molecule has 1 rings (SSSR count). The molecule has 5 heteroatoms. The first kappa shape index (κ1) is 13.0. The van der Waals surface area contributed by atoms with Gasteiger partial charge >= 0.3 is 12.1 Å². The fourth-order valence-corrected chi connectivity index (χ4v) is 1.39. The van der Waals surface area contributed by atoms with Crippen molar-refractivity contribution in [1.82, 2.24) is 5.32 Å². The Morgan fingerprint density at radius 2 is 1.94 bits per heavy atom. The monoisotopic (exact) mass is 237 g/mol. The van der Waals surface area contributed by atoms with E-state index >= 15 is 0 Å². The van der Waals surface area contributed by atoms with Gasteiger partial charge in [-0.1, -0.05) is 30.3 Å². The van der Waals surface area contributed by atoms with Gasteiger partial charge < -0.3 is 15.2 Å². The average molecular weight is 237 g/mol. The van der Waals surface area contributed by atoms with Crippen molar-refractivity contribution in [2.45, 2.75) is 19.4 Å². The number of carbonyl (C=O) groups is 2. The van der Waals surface area contributed by atoms with Crippen LogP contribution in [-0.4, -0.2) is 23.8 Å². The van der Waals surface area contributed by atoms with Gasteiger partial charge in [0, 0.05) is 0 Å².